The summed E-state index contributed by atoms with van der Waals surface area (Å²) in [5.41, 5.74) is 9.37. The Balaban J connectivity index is 1.53. The smallest absolute Gasteiger partial charge is 0.409 e. The number of carbonyl (C=O) groups excluding carboxylic acids is 1. The highest BCUT2D eigenvalue weighted by molar-refractivity contribution is 5.99. The van der Waals surface area contributed by atoms with Gasteiger partial charge in [-0.2, -0.15) is 4.98 Å². The van der Waals surface area contributed by atoms with Crippen LogP contribution in [0, 0.1) is 5.82 Å². The summed E-state index contributed by atoms with van der Waals surface area (Å²) in [6.07, 6.45) is -0.317. The third-order valence-electron chi connectivity index (χ3n) is 6.01. The van der Waals surface area contributed by atoms with E-state index < -0.39 is 0 Å². The Kier molecular flexibility index (Phi) is 6.17. The molecule has 0 unspecified atom stereocenters. The van der Waals surface area contributed by atoms with Gasteiger partial charge in [-0.25, -0.2) is 18.9 Å². The van der Waals surface area contributed by atoms with Crippen LogP contribution in [0.15, 0.2) is 54.6 Å². The molecule has 2 N–H and O–H groups in total. The van der Waals surface area contributed by atoms with Crippen molar-refractivity contribution in [2.75, 3.05) is 43.4 Å². The van der Waals surface area contributed by atoms with Crippen molar-refractivity contribution < 1.29 is 13.9 Å². The highest BCUT2D eigenvalue weighted by atomic mass is 19.1. The molecule has 10 heteroatoms. The van der Waals surface area contributed by atoms with Gasteiger partial charge in [0, 0.05) is 31.7 Å². The van der Waals surface area contributed by atoms with Crippen LogP contribution >= 0.6 is 0 Å². The quantitative estimate of drug-likeness (QED) is 0.471. The van der Waals surface area contributed by atoms with Gasteiger partial charge in [0.25, 0.3) is 0 Å². The van der Waals surface area contributed by atoms with Crippen molar-refractivity contribution in [1.82, 2.24) is 24.6 Å². The van der Waals surface area contributed by atoms with E-state index in [2.05, 4.69) is 5.10 Å². The first-order valence-electron chi connectivity index (χ1n) is 11.5. The Morgan fingerprint density at radius 2 is 1.74 bits per heavy atom. The average Bonchev–Trinajstić information content (AvgIpc) is 3.19. The average molecular weight is 476 g/mol. The second-order valence-corrected chi connectivity index (χ2v) is 8.28. The zero-order valence-corrected chi connectivity index (χ0v) is 19.4. The Bertz CT molecular complexity index is 1330. The number of rotatable bonds is 5. The zero-order valence-electron chi connectivity index (χ0n) is 19.4. The Labute approximate surface area is 201 Å². The maximum absolute atomic E-state index is 13.6. The van der Waals surface area contributed by atoms with Crippen molar-refractivity contribution in [3.63, 3.8) is 0 Å². The summed E-state index contributed by atoms with van der Waals surface area (Å²) in [4.78, 5) is 25.3. The molecular formula is C25H26FN7O2. The van der Waals surface area contributed by atoms with Gasteiger partial charge in [0.2, 0.25) is 5.95 Å². The number of piperazine rings is 1. The normalized spacial score (nSPS) is 13.9. The number of anilines is 2. The molecule has 1 aliphatic rings. The fraction of sp³-hybridized carbons (Fsp3) is 0.280. The van der Waals surface area contributed by atoms with Crippen molar-refractivity contribution in [2.45, 2.75) is 13.5 Å². The molecule has 0 saturated carbocycles. The molecule has 2 aromatic carbocycles. The van der Waals surface area contributed by atoms with Crippen LogP contribution in [0.4, 0.5) is 21.0 Å². The summed E-state index contributed by atoms with van der Waals surface area (Å²) >= 11 is 0. The minimum Gasteiger partial charge on any atom is -0.450 e. The topological polar surface area (TPSA) is 102 Å². The summed E-state index contributed by atoms with van der Waals surface area (Å²) in [6.45, 7) is 4.71. The third-order valence-corrected chi connectivity index (χ3v) is 6.01. The van der Waals surface area contributed by atoms with Crippen molar-refractivity contribution in [3.8, 4) is 11.3 Å². The highest BCUT2D eigenvalue weighted by Crippen LogP contribution is 2.33. The number of aromatic nitrogens is 4. The molecule has 0 spiro atoms. The van der Waals surface area contributed by atoms with Crippen molar-refractivity contribution >= 4 is 28.9 Å². The molecule has 5 rings (SSSR count). The molecule has 1 aliphatic heterocycles. The first-order chi connectivity index (χ1) is 17.0. The summed E-state index contributed by atoms with van der Waals surface area (Å²) < 4.78 is 20.5. The van der Waals surface area contributed by atoms with Crippen LogP contribution in [-0.2, 0) is 11.3 Å². The molecule has 180 valence electrons. The van der Waals surface area contributed by atoms with Crippen molar-refractivity contribution in [1.29, 1.82) is 0 Å². The minimum absolute atomic E-state index is 0.317. The van der Waals surface area contributed by atoms with Crippen LogP contribution in [0.2, 0.25) is 0 Å². The highest BCUT2D eigenvalue weighted by Gasteiger charge is 2.26. The molecule has 9 nitrogen and oxygen atoms in total. The lowest BCUT2D eigenvalue weighted by Crippen LogP contribution is -2.49. The number of ether oxygens (including phenoxy) is 1. The number of nitrogen functional groups attached to an aromatic ring is 1. The van der Waals surface area contributed by atoms with Crippen LogP contribution in [0.1, 0.15) is 12.5 Å². The maximum atomic E-state index is 13.6. The van der Waals surface area contributed by atoms with E-state index in [9.17, 15) is 9.18 Å². The molecule has 4 aromatic rings. The second-order valence-electron chi connectivity index (χ2n) is 8.28. The standard InChI is InChI=1S/C25H26FN7O2/c1-2-35-25(34)32-14-12-31(13-15-32)24-28-21(18-8-10-19(26)11-9-18)20-22(27)33(30-23(20)29-24)16-17-6-4-3-5-7-17/h3-11H,2,12-16,27H2,1H3. The number of nitrogens with two attached hydrogens (primary N) is 1. The summed E-state index contributed by atoms with van der Waals surface area (Å²) in [5, 5.41) is 5.32. The molecule has 0 aliphatic carbocycles. The van der Waals surface area contributed by atoms with E-state index in [1.807, 2.05) is 35.2 Å². The number of hydrogen-bond donors (Lipinski definition) is 1. The molecule has 1 saturated heterocycles. The lowest BCUT2D eigenvalue weighted by Gasteiger charge is -2.34. The molecule has 0 radical (unpaired) electrons. The zero-order chi connectivity index (χ0) is 24.4. The van der Waals surface area contributed by atoms with E-state index in [-0.39, 0.29) is 11.9 Å². The van der Waals surface area contributed by atoms with Gasteiger partial charge in [-0.3, -0.25) is 0 Å². The molecule has 1 amide bonds. The van der Waals surface area contributed by atoms with Crippen LogP contribution in [0.3, 0.4) is 0 Å². The lowest BCUT2D eigenvalue weighted by molar-refractivity contribution is 0.105. The Morgan fingerprint density at radius 3 is 2.43 bits per heavy atom. The number of hydrogen-bond acceptors (Lipinski definition) is 7. The molecule has 0 bridgehead atoms. The van der Waals surface area contributed by atoms with E-state index >= 15 is 0 Å². The van der Waals surface area contributed by atoms with Gasteiger partial charge in [0.15, 0.2) is 5.65 Å². The van der Waals surface area contributed by atoms with Gasteiger partial charge in [0.05, 0.1) is 24.2 Å². The van der Waals surface area contributed by atoms with E-state index in [1.54, 1.807) is 28.6 Å². The van der Waals surface area contributed by atoms with Crippen LogP contribution in [0.25, 0.3) is 22.3 Å². The molecule has 1 fully saturated rings. The number of nitrogens with zero attached hydrogens (tertiary/aromatic N) is 6. The Hall–Kier alpha value is -4.21. The molecule has 0 atom stereocenters. The molecular weight excluding hydrogens is 449 g/mol. The van der Waals surface area contributed by atoms with E-state index in [1.165, 1.54) is 12.1 Å². The maximum Gasteiger partial charge on any atom is 0.409 e. The van der Waals surface area contributed by atoms with E-state index in [4.69, 9.17) is 20.4 Å². The van der Waals surface area contributed by atoms with E-state index in [0.29, 0.717) is 67.8 Å². The van der Waals surface area contributed by atoms with Gasteiger partial charge in [-0.15, -0.1) is 5.10 Å². The number of halogens is 1. The molecule has 2 aromatic heterocycles. The number of fused-ring (bicyclic) bond motifs is 1. The predicted octanol–water partition coefficient (Wildman–Crippen LogP) is 3.54. The van der Waals surface area contributed by atoms with Crippen LogP contribution in [0.5, 0.6) is 0 Å². The summed E-state index contributed by atoms with van der Waals surface area (Å²) in [5.74, 6) is 0.605. The number of amides is 1. The van der Waals surface area contributed by atoms with Gasteiger partial charge in [-0.1, -0.05) is 30.3 Å². The SMILES string of the molecule is CCOC(=O)N1CCN(c2nc(-c3ccc(F)cc3)c3c(N)n(Cc4ccccc4)nc3n2)CC1. The fourth-order valence-corrected chi connectivity index (χ4v) is 4.18. The summed E-state index contributed by atoms with van der Waals surface area (Å²) in [7, 11) is 0. The van der Waals surface area contributed by atoms with Crippen molar-refractivity contribution in [3.05, 3.63) is 66.0 Å². The Morgan fingerprint density at radius 1 is 1.03 bits per heavy atom. The predicted molar refractivity (Wildman–Crippen MR) is 131 cm³/mol. The number of benzene rings is 2. The van der Waals surface area contributed by atoms with Gasteiger partial charge in [0.1, 0.15) is 11.6 Å². The van der Waals surface area contributed by atoms with Crippen LogP contribution in [-0.4, -0.2) is 63.5 Å². The van der Waals surface area contributed by atoms with E-state index in [0.717, 1.165) is 11.1 Å². The minimum atomic E-state index is -0.331. The van der Waals surface area contributed by atoms with Gasteiger partial charge in [-0.05, 0) is 36.8 Å². The third kappa shape index (κ3) is 4.59. The van der Waals surface area contributed by atoms with Crippen molar-refractivity contribution in [2.24, 2.45) is 0 Å². The molecule has 35 heavy (non-hydrogen) atoms. The van der Waals surface area contributed by atoms with Crippen LogP contribution < -0.4 is 10.6 Å². The first-order valence-corrected chi connectivity index (χ1v) is 11.5. The summed E-state index contributed by atoms with van der Waals surface area (Å²) in [6, 6.07) is 16.0. The fourth-order valence-electron chi connectivity index (χ4n) is 4.18. The van der Waals surface area contributed by atoms with Gasteiger partial charge < -0.3 is 20.3 Å². The lowest BCUT2D eigenvalue weighted by atomic mass is 10.1. The monoisotopic (exact) mass is 475 g/mol. The largest absolute Gasteiger partial charge is 0.450 e. The second kappa shape index (κ2) is 9.57. The molecule has 3 heterocycles. The van der Waals surface area contributed by atoms with Gasteiger partial charge >= 0.3 is 6.09 Å². The first kappa shape index (κ1) is 22.6. The number of carbonyl (C=O) groups is 1.